The molecule has 12 heavy (non-hydrogen) atoms. The second-order valence-electron chi connectivity index (χ2n) is 2.73. The van der Waals surface area contributed by atoms with Crippen LogP contribution in [-0.2, 0) is 5.75 Å². The Morgan fingerprint density at radius 2 is 2.00 bits per heavy atom. The van der Waals surface area contributed by atoms with Crippen LogP contribution >= 0.6 is 11.8 Å². The number of nitrogens with zero attached hydrogens (tertiary/aromatic N) is 2. The van der Waals surface area contributed by atoms with Crippen LogP contribution in [0.1, 0.15) is 24.7 Å². The number of aromatic nitrogens is 2. The summed E-state index contributed by atoms with van der Waals surface area (Å²) in [6.07, 6.45) is 4.96. The van der Waals surface area contributed by atoms with Crippen molar-refractivity contribution in [2.45, 2.75) is 26.0 Å². The Balaban J connectivity index is 2.37. The van der Waals surface area contributed by atoms with Gasteiger partial charge in [-0.05, 0) is 24.7 Å². The van der Waals surface area contributed by atoms with Crippen molar-refractivity contribution < 1.29 is 0 Å². The molecule has 0 aromatic carbocycles. The van der Waals surface area contributed by atoms with Gasteiger partial charge in [-0.25, -0.2) is 9.97 Å². The van der Waals surface area contributed by atoms with Crippen molar-refractivity contribution in [3.63, 3.8) is 0 Å². The molecule has 0 N–H and O–H groups in total. The Bertz CT molecular complexity index is 220. The predicted molar refractivity (Wildman–Crippen MR) is 53.2 cm³/mol. The molecule has 0 spiro atoms. The van der Waals surface area contributed by atoms with E-state index in [1.165, 1.54) is 12.2 Å². The lowest BCUT2D eigenvalue weighted by Gasteiger charge is -1.98. The summed E-state index contributed by atoms with van der Waals surface area (Å²) >= 11 is 1.89. The minimum Gasteiger partial charge on any atom is -0.240 e. The zero-order valence-electron chi connectivity index (χ0n) is 7.58. The van der Waals surface area contributed by atoms with Crippen molar-refractivity contribution in [2.24, 2.45) is 0 Å². The van der Waals surface area contributed by atoms with E-state index in [1.807, 2.05) is 31.1 Å². The van der Waals surface area contributed by atoms with Crippen molar-refractivity contribution in [3.8, 4) is 0 Å². The van der Waals surface area contributed by atoms with Gasteiger partial charge in [0, 0.05) is 12.4 Å². The molecule has 0 atom stereocenters. The van der Waals surface area contributed by atoms with Crippen LogP contribution < -0.4 is 0 Å². The summed E-state index contributed by atoms with van der Waals surface area (Å²) in [5, 5.41) is 0. The Morgan fingerprint density at radius 3 is 2.58 bits per heavy atom. The molecule has 0 amide bonds. The van der Waals surface area contributed by atoms with Gasteiger partial charge < -0.3 is 0 Å². The molecular weight excluding hydrogens is 168 g/mol. The van der Waals surface area contributed by atoms with E-state index in [9.17, 15) is 0 Å². The van der Waals surface area contributed by atoms with Gasteiger partial charge in [0.25, 0.3) is 0 Å². The SMILES string of the molecule is CCCSCc1ncc(C)cn1. The van der Waals surface area contributed by atoms with Gasteiger partial charge in [0.1, 0.15) is 5.82 Å². The van der Waals surface area contributed by atoms with Gasteiger partial charge in [-0.1, -0.05) is 6.92 Å². The number of rotatable bonds is 4. The second kappa shape index (κ2) is 5.14. The maximum Gasteiger partial charge on any atom is 0.138 e. The lowest BCUT2D eigenvalue weighted by atomic mass is 10.4. The van der Waals surface area contributed by atoms with E-state index in [0.29, 0.717) is 0 Å². The number of thioether (sulfide) groups is 1. The zero-order valence-corrected chi connectivity index (χ0v) is 8.40. The third kappa shape index (κ3) is 3.22. The highest BCUT2D eigenvalue weighted by molar-refractivity contribution is 7.98. The Labute approximate surface area is 77.8 Å². The third-order valence-electron chi connectivity index (χ3n) is 1.41. The molecule has 0 aliphatic heterocycles. The molecule has 0 aliphatic carbocycles. The summed E-state index contributed by atoms with van der Waals surface area (Å²) in [6.45, 7) is 4.19. The van der Waals surface area contributed by atoms with Crippen LogP contribution in [0, 0.1) is 6.92 Å². The van der Waals surface area contributed by atoms with Crippen molar-refractivity contribution in [1.82, 2.24) is 9.97 Å². The van der Waals surface area contributed by atoms with E-state index < -0.39 is 0 Å². The molecule has 1 rings (SSSR count). The van der Waals surface area contributed by atoms with Gasteiger partial charge in [0.15, 0.2) is 0 Å². The molecule has 0 radical (unpaired) electrons. The lowest BCUT2D eigenvalue weighted by molar-refractivity contribution is 1.01. The lowest BCUT2D eigenvalue weighted by Crippen LogP contribution is -1.92. The van der Waals surface area contributed by atoms with Crippen LogP contribution in [0.3, 0.4) is 0 Å². The van der Waals surface area contributed by atoms with Crippen molar-refractivity contribution >= 4 is 11.8 Å². The summed E-state index contributed by atoms with van der Waals surface area (Å²) < 4.78 is 0. The molecular formula is C9H14N2S. The average Bonchev–Trinajstić information content (AvgIpc) is 2.09. The molecule has 0 aliphatic rings. The molecule has 0 unspecified atom stereocenters. The van der Waals surface area contributed by atoms with E-state index in [0.717, 1.165) is 17.1 Å². The minimum atomic E-state index is 0.939. The van der Waals surface area contributed by atoms with E-state index in [2.05, 4.69) is 16.9 Å². The van der Waals surface area contributed by atoms with Crippen LogP contribution in [0.2, 0.25) is 0 Å². The molecule has 0 saturated heterocycles. The first-order chi connectivity index (χ1) is 5.83. The first-order valence-corrected chi connectivity index (χ1v) is 5.33. The fourth-order valence-corrected chi connectivity index (χ4v) is 1.57. The number of hydrogen-bond donors (Lipinski definition) is 0. The smallest absolute Gasteiger partial charge is 0.138 e. The zero-order chi connectivity index (χ0) is 8.81. The first-order valence-electron chi connectivity index (χ1n) is 4.18. The molecule has 1 heterocycles. The Hall–Kier alpha value is -0.570. The fourth-order valence-electron chi connectivity index (χ4n) is 0.802. The minimum absolute atomic E-state index is 0.939. The van der Waals surface area contributed by atoms with E-state index >= 15 is 0 Å². The summed E-state index contributed by atoms with van der Waals surface area (Å²) in [4.78, 5) is 8.44. The molecule has 2 nitrogen and oxygen atoms in total. The first kappa shape index (κ1) is 9.52. The van der Waals surface area contributed by atoms with Gasteiger partial charge in [0.05, 0.1) is 5.75 Å². The van der Waals surface area contributed by atoms with Gasteiger partial charge >= 0.3 is 0 Å². The highest BCUT2D eigenvalue weighted by atomic mass is 32.2. The monoisotopic (exact) mass is 182 g/mol. The molecule has 66 valence electrons. The maximum atomic E-state index is 4.22. The molecule has 0 bridgehead atoms. The normalized spacial score (nSPS) is 10.2. The van der Waals surface area contributed by atoms with Crippen LogP contribution in [-0.4, -0.2) is 15.7 Å². The summed E-state index contributed by atoms with van der Waals surface area (Å²) in [7, 11) is 0. The van der Waals surface area contributed by atoms with Crippen LogP contribution in [0.15, 0.2) is 12.4 Å². The van der Waals surface area contributed by atoms with Crippen molar-refractivity contribution in [1.29, 1.82) is 0 Å². The maximum absolute atomic E-state index is 4.22. The van der Waals surface area contributed by atoms with Crippen LogP contribution in [0.4, 0.5) is 0 Å². The number of hydrogen-bond acceptors (Lipinski definition) is 3. The standard InChI is InChI=1S/C9H14N2S/c1-3-4-12-7-9-10-5-8(2)6-11-9/h5-6H,3-4,7H2,1-2H3. The summed E-state index contributed by atoms with van der Waals surface area (Å²) in [5.74, 6) is 3.07. The van der Waals surface area contributed by atoms with Crippen LogP contribution in [0.5, 0.6) is 0 Å². The molecule has 1 aromatic heterocycles. The topological polar surface area (TPSA) is 25.8 Å². The second-order valence-corrected chi connectivity index (χ2v) is 3.83. The quantitative estimate of drug-likeness (QED) is 0.669. The fraction of sp³-hybridized carbons (Fsp3) is 0.556. The molecule has 0 saturated carbocycles. The molecule has 0 fully saturated rings. The van der Waals surface area contributed by atoms with Gasteiger partial charge in [0.2, 0.25) is 0 Å². The van der Waals surface area contributed by atoms with Crippen molar-refractivity contribution in [2.75, 3.05) is 5.75 Å². The number of aryl methyl sites for hydroxylation is 1. The average molecular weight is 182 g/mol. The van der Waals surface area contributed by atoms with Gasteiger partial charge in [-0.3, -0.25) is 0 Å². The van der Waals surface area contributed by atoms with E-state index in [4.69, 9.17) is 0 Å². The summed E-state index contributed by atoms with van der Waals surface area (Å²) in [6, 6.07) is 0. The van der Waals surface area contributed by atoms with E-state index in [-0.39, 0.29) is 0 Å². The highest BCUT2D eigenvalue weighted by Gasteiger charge is 1.94. The third-order valence-corrected chi connectivity index (χ3v) is 2.57. The highest BCUT2D eigenvalue weighted by Crippen LogP contribution is 2.08. The van der Waals surface area contributed by atoms with Crippen molar-refractivity contribution in [3.05, 3.63) is 23.8 Å². The molecule has 3 heteroatoms. The largest absolute Gasteiger partial charge is 0.240 e. The van der Waals surface area contributed by atoms with E-state index in [1.54, 1.807) is 0 Å². The van der Waals surface area contributed by atoms with Crippen LogP contribution in [0.25, 0.3) is 0 Å². The van der Waals surface area contributed by atoms with Gasteiger partial charge in [-0.15, -0.1) is 0 Å². The van der Waals surface area contributed by atoms with Gasteiger partial charge in [-0.2, -0.15) is 11.8 Å². The Morgan fingerprint density at radius 1 is 1.33 bits per heavy atom. The predicted octanol–water partition coefficient (Wildman–Crippen LogP) is 2.43. The summed E-state index contributed by atoms with van der Waals surface area (Å²) in [5.41, 5.74) is 1.12. The molecule has 1 aromatic rings. The Kier molecular flexibility index (Phi) is 4.08.